The summed E-state index contributed by atoms with van der Waals surface area (Å²) >= 11 is 0. The van der Waals surface area contributed by atoms with Gasteiger partial charge >= 0.3 is 5.97 Å². The van der Waals surface area contributed by atoms with E-state index in [4.69, 9.17) is 9.47 Å². The Hall–Kier alpha value is -3.49. The quantitative estimate of drug-likeness (QED) is 0.486. The molecule has 1 N–H and O–H groups in total. The number of hydrogen-bond donors (Lipinski definition) is 1. The van der Waals surface area contributed by atoms with Crippen molar-refractivity contribution >= 4 is 11.7 Å². The molecule has 0 radical (unpaired) electrons. The summed E-state index contributed by atoms with van der Waals surface area (Å²) in [6, 6.07) is 6.71. The Labute approximate surface area is 209 Å². The zero-order chi connectivity index (χ0) is 25.6. The van der Waals surface area contributed by atoms with Gasteiger partial charge in [-0.2, -0.15) is 4.98 Å². The summed E-state index contributed by atoms with van der Waals surface area (Å²) in [5, 5.41) is 15.7. The molecule has 0 saturated heterocycles. The lowest BCUT2D eigenvalue weighted by atomic mass is 9.70. The van der Waals surface area contributed by atoms with Gasteiger partial charge in [-0.3, -0.25) is 0 Å². The molecular formula is C27H31FN4O4. The Morgan fingerprint density at radius 3 is 2.67 bits per heavy atom. The van der Waals surface area contributed by atoms with Gasteiger partial charge in [-0.1, -0.05) is 25.8 Å². The van der Waals surface area contributed by atoms with Crippen molar-refractivity contribution in [2.24, 2.45) is 5.92 Å². The second-order valence-corrected chi connectivity index (χ2v) is 10.00. The van der Waals surface area contributed by atoms with E-state index in [1.807, 2.05) is 26.8 Å². The van der Waals surface area contributed by atoms with Crippen LogP contribution in [-0.4, -0.2) is 43.4 Å². The molecule has 0 spiro atoms. The van der Waals surface area contributed by atoms with Crippen LogP contribution in [0, 0.1) is 25.6 Å². The van der Waals surface area contributed by atoms with Crippen LogP contribution in [-0.2, 0) is 16.0 Å². The number of carbonyl (C=O) groups is 1. The number of aryl methyl sites for hydroxylation is 2. The SMILES string of the molecule is COc1ccc(C(C)C2(C3CCCC3)CC(O)=C(Cc3nc4nc(C)cc(C)n4n3)C(=O)O2)cc1F. The molecule has 2 aromatic heterocycles. The van der Waals surface area contributed by atoms with E-state index in [0.717, 1.165) is 37.1 Å². The summed E-state index contributed by atoms with van der Waals surface area (Å²) in [6.45, 7) is 5.73. The van der Waals surface area contributed by atoms with E-state index in [-0.39, 0.29) is 41.8 Å². The van der Waals surface area contributed by atoms with E-state index in [0.29, 0.717) is 17.2 Å². The first-order valence-electron chi connectivity index (χ1n) is 12.4. The highest BCUT2D eigenvalue weighted by Gasteiger charge is 2.52. The lowest BCUT2D eigenvalue weighted by Crippen LogP contribution is -2.49. The van der Waals surface area contributed by atoms with E-state index in [2.05, 4.69) is 15.1 Å². The summed E-state index contributed by atoms with van der Waals surface area (Å²) in [5.74, 6) is -0.347. The van der Waals surface area contributed by atoms with Gasteiger partial charge in [-0.05, 0) is 56.4 Å². The van der Waals surface area contributed by atoms with Crippen LogP contribution in [0.3, 0.4) is 0 Å². The molecule has 36 heavy (non-hydrogen) atoms. The molecule has 9 heteroatoms. The third-order valence-electron chi connectivity index (χ3n) is 7.77. The number of aliphatic hydroxyl groups is 1. The molecule has 190 valence electrons. The Morgan fingerprint density at radius 1 is 1.25 bits per heavy atom. The smallest absolute Gasteiger partial charge is 0.338 e. The van der Waals surface area contributed by atoms with E-state index in [1.54, 1.807) is 16.6 Å². The van der Waals surface area contributed by atoms with Gasteiger partial charge in [0.1, 0.15) is 11.4 Å². The number of hydrogen-bond acceptors (Lipinski definition) is 7. The Kier molecular flexibility index (Phi) is 6.18. The monoisotopic (exact) mass is 494 g/mol. The van der Waals surface area contributed by atoms with Crippen molar-refractivity contribution in [2.45, 2.75) is 70.8 Å². The van der Waals surface area contributed by atoms with Gasteiger partial charge in [-0.15, -0.1) is 5.10 Å². The van der Waals surface area contributed by atoms with Crippen LogP contribution in [0.5, 0.6) is 5.75 Å². The van der Waals surface area contributed by atoms with Crippen molar-refractivity contribution in [1.82, 2.24) is 19.6 Å². The molecule has 3 aromatic rings. The number of cyclic esters (lactones) is 1. The Bertz CT molecular complexity index is 1360. The fourth-order valence-electron chi connectivity index (χ4n) is 5.84. The van der Waals surface area contributed by atoms with Gasteiger partial charge < -0.3 is 14.6 Å². The number of fused-ring (bicyclic) bond motifs is 1. The number of aromatic nitrogens is 4. The standard InChI is InChI=1S/C27H31FN4O4/c1-15-11-16(2)32-26(29-15)30-24(31-32)13-20-22(33)14-27(36-25(20)34,19-7-5-6-8-19)17(3)18-9-10-23(35-4)21(28)12-18/h9-12,17,19,33H,5-8,13-14H2,1-4H3. The number of halogens is 1. The Balaban J connectivity index is 1.49. The van der Waals surface area contributed by atoms with E-state index in [1.165, 1.54) is 13.2 Å². The van der Waals surface area contributed by atoms with Crippen LogP contribution < -0.4 is 4.74 Å². The van der Waals surface area contributed by atoms with Crippen molar-refractivity contribution in [3.8, 4) is 5.75 Å². The lowest BCUT2D eigenvalue weighted by Gasteiger charge is -2.45. The van der Waals surface area contributed by atoms with Crippen LogP contribution in [0.4, 0.5) is 4.39 Å². The number of aliphatic hydroxyl groups excluding tert-OH is 1. The first kappa shape index (κ1) is 24.2. The van der Waals surface area contributed by atoms with E-state index < -0.39 is 17.4 Å². The molecule has 1 aliphatic heterocycles. The predicted octanol–water partition coefficient (Wildman–Crippen LogP) is 4.92. The summed E-state index contributed by atoms with van der Waals surface area (Å²) in [6.07, 6.45) is 4.04. The largest absolute Gasteiger partial charge is 0.512 e. The number of carbonyl (C=O) groups excluding carboxylic acids is 1. The molecule has 1 saturated carbocycles. The molecule has 1 aromatic carbocycles. The van der Waals surface area contributed by atoms with Crippen LogP contribution >= 0.6 is 0 Å². The van der Waals surface area contributed by atoms with Gasteiger partial charge in [0.05, 0.1) is 12.7 Å². The second-order valence-electron chi connectivity index (χ2n) is 10.00. The summed E-state index contributed by atoms with van der Waals surface area (Å²) in [4.78, 5) is 22.3. The number of benzene rings is 1. The highest BCUT2D eigenvalue weighted by Crippen LogP contribution is 2.50. The molecule has 5 rings (SSSR count). The first-order valence-corrected chi connectivity index (χ1v) is 12.4. The number of nitrogens with zero attached hydrogens (tertiary/aromatic N) is 4. The van der Waals surface area contributed by atoms with E-state index in [9.17, 15) is 14.3 Å². The van der Waals surface area contributed by atoms with Gasteiger partial charge in [-0.25, -0.2) is 18.7 Å². The third kappa shape index (κ3) is 4.10. The van der Waals surface area contributed by atoms with Crippen molar-refractivity contribution in [3.05, 3.63) is 64.2 Å². The summed E-state index contributed by atoms with van der Waals surface area (Å²) < 4.78 is 27.5. The second kappa shape index (κ2) is 9.19. The molecule has 3 heterocycles. The molecule has 1 fully saturated rings. The fourth-order valence-corrected chi connectivity index (χ4v) is 5.84. The van der Waals surface area contributed by atoms with Crippen molar-refractivity contribution in [1.29, 1.82) is 0 Å². The maximum absolute atomic E-state index is 14.6. The van der Waals surface area contributed by atoms with E-state index >= 15 is 0 Å². The topological polar surface area (TPSA) is 98.8 Å². The van der Waals surface area contributed by atoms with Gasteiger partial charge in [0.25, 0.3) is 5.78 Å². The minimum Gasteiger partial charge on any atom is -0.512 e. The van der Waals surface area contributed by atoms with Crippen LogP contribution in [0.1, 0.15) is 67.7 Å². The number of ether oxygens (including phenoxy) is 2. The van der Waals surface area contributed by atoms with Gasteiger partial charge in [0, 0.05) is 30.1 Å². The van der Waals surface area contributed by atoms with Crippen LogP contribution in [0.25, 0.3) is 5.78 Å². The average molecular weight is 495 g/mol. The zero-order valence-corrected chi connectivity index (χ0v) is 21.0. The molecule has 1 aliphatic carbocycles. The number of methoxy groups -OCH3 is 1. The molecule has 8 nitrogen and oxygen atoms in total. The highest BCUT2D eigenvalue weighted by atomic mass is 19.1. The molecule has 0 amide bonds. The van der Waals surface area contributed by atoms with Gasteiger partial charge in [0.2, 0.25) is 0 Å². The highest BCUT2D eigenvalue weighted by molar-refractivity contribution is 5.90. The molecule has 2 aliphatic rings. The summed E-state index contributed by atoms with van der Waals surface area (Å²) in [5.41, 5.74) is 1.58. The number of rotatable bonds is 6. The molecule has 0 bridgehead atoms. The van der Waals surface area contributed by atoms with Crippen LogP contribution in [0.2, 0.25) is 0 Å². The predicted molar refractivity (Wildman–Crippen MR) is 130 cm³/mol. The first-order chi connectivity index (χ1) is 17.2. The normalized spacial score (nSPS) is 21.8. The third-order valence-corrected chi connectivity index (χ3v) is 7.77. The summed E-state index contributed by atoms with van der Waals surface area (Å²) in [7, 11) is 1.42. The Morgan fingerprint density at radius 2 is 2.00 bits per heavy atom. The average Bonchev–Trinajstić information content (AvgIpc) is 3.51. The molecule has 2 unspecified atom stereocenters. The number of esters is 1. The minimum absolute atomic E-state index is 0.0151. The van der Waals surface area contributed by atoms with Gasteiger partial charge in [0.15, 0.2) is 17.4 Å². The molecular weight excluding hydrogens is 463 g/mol. The van der Waals surface area contributed by atoms with Crippen LogP contribution in [0.15, 0.2) is 35.6 Å². The van der Waals surface area contributed by atoms with Crippen molar-refractivity contribution in [2.75, 3.05) is 7.11 Å². The maximum Gasteiger partial charge on any atom is 0.338 e. The maximum atomic E-state index is 14.6. The lowest BCUT2D eigenvalue weighted by molar-refractivity contribution is -0.170. The van der Waals surface area contributed by atoms with Crippen molar-refractivity contribution in [3.63, 3.8) is 0 Å². The minimum atomic E-state index is -0.968. The zero-order valence-electron chi connectivity index (χ0n) is 21.0. The molecule has 2 atom stereocenters. The fraction of sp³-hybridized carbons (Fsp3) is 0.481. The van der Waals surface area contributed by atoms with Crippen molar-refractivity contribution < 1.29 is 23.8 Å².